The molecule has 30 heavy (non-hydrogen) atoms. The van der Waals surface area contributed by atoms with Gasteiger partial charge >= 0.3 is 12.1 Å². The molecule has 0 atom stereocenters. The van der Waals surface area contributed by atoms with E-state index in [0.717, 1.165) is 0 Å². The second kappa shape index (κ2) is 10.0. The number of hydrazone groups is 1. The summed E-state index contributed by atoms with van der Waals surface area (Å²) >= 11 is 17.6. The molecule has 160 valence electrons. The summed E-state index contributed by atoms with van der Waals surface area (Å²) in [6.07, 6.45) is -5.01. The zero-order valence-corrected chi connectivity index (χ0v) is 17.4. The van der Waals surface area contributed by atoms with Gasteiger partial charge < -0.3 is 10.1 Å². The summed E-state index contributed by atoms with van der Waals surface area (Å²) in [5, 5.41) is 6.17. The molecule has 0 bridgehead atoms. The highest BCUT2D eigenvalue weighted by molar-refractivity contribution is 6.43. The fourth-order valence-electron chi connectivity index (χ4n) is 2.03. The Kier molecular flexibility index (Phi) is 7.94. The minimum absolute atomic E-state index is 0.0757. The lowest BCUT2D eigenvalue weighted by atomic mass is 10.1. The minimum atomic E-state index is -5.01. The normalized spacial score (nSPS) is 11.8. The van der Waals surface area contributed by atoms with Crippen molar-refractivity contribution in [3.63, 3.8) is 0 Å². The molecule has 0 aliphatic carbocycles. The van der Waals surface area contributed by atoms with Crippen molar-refractivity contribution >= 4 is 58.0 Å². The van der Waals surface area contributed by atoms with Crippen molar-refractivity contribution < 1.29 is 27.5 Å². The van der Waals surface area contributed by atoms with Crippen LogP contribution < -0.4 is 15.5 Å². The molecule has 0 heterocycles. The van der Waals surface area contributed by atoms with Crippen LogP contribution in [0.1, 0.15) is 12.5 Å². The Bertz CT molecular complexity index is 998. The van der Waals surface area contributed by atoms with Crippen molar-refractivity contribution in [1.29, 1.82) is 0 Å². The summed E-state index contributed by atoms with van der Waals surface area (Å²) < 4.78 is 42.3. The quantitative estimate of drug-likeness (QED) is 0.343. The summed E-state index contributed by atoms with van der Waals surface area (Å²) in [5.41, 5.74) is 2.82. The molecular formula is C18H13Cl3F3N3O3. The van der Waals surface area contributed by atoms with Crippen molar-refractivity contribution in [2.24, 2.45) is 5.10 Å². The van der Waals surface area contributed by atoms with E-state index in [4.69, 9.17) is 39.5 Å². The van der Waals surface area contributed by atoms with Gasteiger partial charge in [-0.2, -0.15) is 18.3 Å². The number of ether oxygens (including phenoxy) is 1. The molecule has 2 N–H and O–H groups in total. The van der Waals surface area contributed by atoms with Crippen LogP contribution in [0.4, 0.5) is 18.9 Å². The molecule has 0 aliphatic heterocycles. The highest BCUT2D eigenvalue weighted by atomic mass is 35.5. The van der Waals surface area contributed by atoms with Crippen LogP contribution >= 0.6 is 34.8 Å². The number of hydrogen-bond donors (Lipinski definition) is 2. The van der Waals surface area contributed by atoms with Crippen LogP contribution in [0.15, 0.2) is 41.5 Å². The third-order valence-corrected chi connectivity index (χ3v) is 4.50. The summed E-state index contributed by atoms with van der Waals surface area (Å²) in [4.78, 5) is 22.9. The Morgan fingerprint density at radius 2 is 1.73 bits per heavy atom. The van der Waals surface area contributed by atoms with E-state index >= 15 is 0 Å². The van der Waals surface area contributed by atoms with E-state index in [1.807, 2.05) is 0 Å². The molecule has 2 amide bonds. The number of carbonyl (C=O) groups is 2. The average Bonchev–Trinajstić information content (AvgIpc) is 2.67. The van der Waals surface area contributed by atoms with Crippen molar-refractivity contribution in [3.05, 3.63) is 57.0 Å². The summed E-state index contributed by atoms with van der Waals surface area (Å²) in [7, 11) is 0. The fourth-order valence-corrected chi connectivity index (χ4v) is 2.62. The summed E-state index contributed by atoms with van der Waals surface area (Å²) in [5.74, 6) is -2.58. The van der Waals surface area contributed by atoms with E-state index in [1.165, 1.54) is 37.3 Å². The lowest BCUT2D eigenvalue weighted by Gasteiger charge is -2.10. The maximum Gasteiger partial charge on any atom is 0.471 e. The maximum atomic E-state index is 12.3. The Labute approximate surface area is 183 Å². The molecule has 0 unspecified atom stereocenters. The highest BCUT2D eigenvalue weighted by Crippen LogP contribution is 2.33. The number of halogens is 6. The predicted octanol–water partition coefficient (Wildman–Crippen LogP) is 5.07. The van der Waals surface area contributed by atoms with Gasteiger partial charge in [0.25, 0.3) is 5.91 Å². The van der Waals surface area contributed by atoms with Crippen molar-refractivity contribution in [1.82, 2.24) is 5.43 Å². The second-order valence-electron chi connectivity index (χ2n) is 5.75. The number of benzene rings is 2. The second-order valence-corrected chi connectivity index (χ2v) is 6.97. The van der Waals surface area contributed by atoms with Crippen LogP contribution in [-0.4, -0.2) is 30.3 Å². The molecule has 0 saturated heterocycles. The first-order valence-electron chi connectivity index (χ1n) is 8.06. The van der Waals surface area contributed by atoms with Crippen LogP contribution in [-0.2, 0) is 9.59 Å². The van der Waals surface area contributed by atoms with Crippen molar-refractivity contribution in [2.75, 3.05) is 11.9 Å². The van der Waals surface area contributed by atoms with Gasteiger partial charge in [-0.05, 0) is 30.7 Å². The lowest BCUT2D eigenvalue weighted by molar-refractivity contribution is -0.167. The molecule has 0 fully saturated rings. The number of nitrogens with zero attached hydrogens (tertiary/aromatic N) is 1. The average molecular weight is 483 g/mol. The molecule has 2 aromatic carbocycles. The number of amides is 2. The monoisotopic (exact) mass is 481 g/mol. The van der Waals surface area contributed by atoms with E-state index in [0.29, 0.717) is 5.56 Å². The number of carbonyl (C=O) groups excluding carboxylic acids is 2. The molecule has 6 nitrogen and oxygen atoms in total. The minimum Gasteiger partial charge on any atom is -0.482 e. The molecule has 2 rings (SSSR count). The van der Waals surface area contributed by atoms with Gasteiger partial charge in [0.15, 0.2) is 6.61 Å². The lowest BCUT2D eigenvalue weighted by Crippen LogP contribution is -2.30. The van der Waals surface area contributed by atoms with Gasteiger partial charge in [0, 0.05) is 11.8 Å². The molecule has 0 saturated carbocycles. The van der Waals surface area contributed by atoms with E-state index in [1.54, 1.807) is 11.4 Å². The van der Waals surface area contributed by atoms with Gasteiger partial charge in [-0.1, -0.05) is 46.9 Å². The first-order chi connectivity index (χ1) is 14.0. The van der Waals surface area contributed by atoms with Crippen molar-refractivity contribution in [2.45, 2.75) is 13.1 Å². The van der Waals surface area contributed by atoms with E-state index in [2.05, 4.69) is 10.5 Å². The van der Waals surface area contributed by atoms with Crippen LogP contribution in [0.3, 0.4) is 0 Å². The standard InChI is InChI=1S/C18H13Cl3F3N3O3/c1-9(10-3-2-4-11(5-10)25-17(29)18(22,23)24)26-27-16(28)8-30-15-7-13(20)12(19)6-14(15)21/h2-7H,8H2,1H3,(H,25,29)(H,27,28). The fraction of sp³-hybridized carbons (Fsp3) is 0.167. The number of alkyl halides is 3. The third-order valence-electron chi connectivity index (χ3n) is 3.48. The zero-order chi connectivity index (χ0) is 22.5. The number of nitrogens with one attached hydrogen (secondary N) is 2. The first-order valence-corrected chi connectivity index (χ1v) is 9.20. The van der Waals surface area contributed by atoms with Gasteiger partial charge in [0.1, 0.15) is 5.75 Å². The van der Waals surface area contributed by atoms with Crippen LogP contribution in [0.5, 0.6) is 5.75 Å². The Hall–Kier alpha value is -2.49. The van der Waals surface area contributed by atoms with E-state index in [-0.39, 0.29) is 32.2 Å². The van der Waals surface area contributed by atoms with E-state index < -0.39 is 24.6 Å². The van der Waals surface area contributed by atoms with Crippen LogP contribution in [0.2, 0.25) is 15.1 Å². The Morgan fingerprint density at radius 3 is 2.40 bits per heavy atom. The molecular weight excluding hydrogens is 470 g/mol. The summed E-state index contributed by atoms with van der Waals surface area (Å²) in [6, 6.07) is 8.26. The number of hydrogen-bond acceptors (Lipinski definition) is 4. The summed E-state index contributed by atoms with van der Waals surface area (Å²) in [6.45, 7) is 1.08. The Balaban J connectivity index is 1.98. The maximum absolute atomic E-state index is 12.3. The van der Waals surface area contributed by atoms with E-state index in [9.17, 15) is 22.8 Å². The topological polar surface area (TPSA) is 79.8 Å². The number of rotatable bonds is 6. The third kappa shape index (κ3) is 6.79. The Morgan fingerprint density at radius 1 is 1.07 bits per heavy atom. The van der Waals surface area contributed by atoms with Gasteiger partial charge in [-0.3, -0.25) is 9.59 Å². The molecule has 0 aromatic heterocycles. The van der Waals surface area contributed by atoms with Crippen LogP contribution in [0, 0.1) is 0 Å². The van der Waals surface area contributed by atoms with Gasteiger partial charge in [0.05, 0.1) is 20.8 Å². The van der Waals surface area contributed by atoms with Gasteiger partial charge in [-0.15, -0.1) is 0 Å². The molecule has 2 aromatic rings. The van der Waals surface area contributed by atoms with Crippen molar-refractivity contribution in [3.8, 4) is 5.75 Å². The first kappa shape index (κ1) is 23.8. The zero-order valence-electron chi connectivity index (χ0n) is 15.1. The molecule has 12 heteroatoms. The largest absolute Gasteiger partial charge is 0.482 e. The smallest absolute Gasteiger partial charge is 0.471 e. The molecule has 0 radical (unpaired) electrons. The highest BCUT2D eigenvalue weighted by Gasteiger charge is 2.38. The number of anilines is 1. The van der Waals surface area contributed by atoms with Gasteiger partial charge in [0.2, 0.25) is 0 Å². The van der Waals surface area contributed by atoms with Gasteiger partial charge in [-0.25, -0.2) is 5.43 Å². The predicted molar refractivity (Wildman–Crippen MR) is 108 cm³/mol. The molecule has 0 spiro atoms. The SMILES string of the molecule is CC(=NNC(=O)COc1cc(Cl)c(Cl)cc1Cl)c1cccc(NC(=O)C(F)(F)F)c1. The molecule has 0 aliphatic rings. The van der Waals surface area contributed by atoms with Crippen LogP contribution in [0.25, 0.3) is 0 Å².